The Bertz CT molecular complexity index is 630. The molecule has 0 unspecified atom stereocenters. The van der Waals surface area contributed by atoms with Crippen molar-refractivity contribution >= 4 is 20.3 Å². The highest BCUT2D eigenvalue weighted by Crippen LogP contribution is 2.40. The molecule has 1 aliphatic carbocycles. The van der Waals surface area contributed by atoms with Crippen molar-refractivity contribution in [2.45, 2.75) is 116 Å². The first-order valence-electron chi connectivity index (χ1n) is 11.1. The predicted molar refractivity (Wildman–Crippen MR) is 116 cm³/mol. The fraction of sp³-hybridized carbons (Fsp3) is 0.909. The standard InChI is InChI=1S/C22H42N2O4Si/c1-16-14-23(19(25)15-24(16,20(26)27)21(2,3)4)17-10-12-18(13-11-17)28-29(8,9)22(5,6)7/h16-18H,10-15H2,1-9H3/t16-,17?,18?,24+/m1/s1. The van der Waals surface area contributed by atoms with Crippen LogP contribution >= 0.6 is 0 Å². The average molecular weight is 427 g/mol. The van der Waals surface area contributed by atoms with Gasteiger partial charge in [0.1, 0.15) is 6.04 Å². The summed E-state index contributed by atoms with van der Waals surface area (Å²) in [5.41, 5.74) is -0.589. The lowest BCUT2D eigenvalue weighted by Gasteiger charge is -2.56. The van der Waals surface area contributed by atoms with Crippen LogP contribution < -0.4 is 5.11 Å². The summed E-state index contributed by atoms with van der Waals surface area (Å²) < 4.78 is 6.28. The Morgan fingerprint density at radius 2 is 1.62 bits per heavy atom. The molecule has 0 aromatic carbocycles. The van der Waals surface area contributed by atoms with E-state index >= 15 is 0 Å². The zero-order valence-corrected chi connectivity index (χ0v) is 21.0. The molecule has 6 nitrogen and oxygen atoms in total. The maximum Gasteiger partial charge on any atom is 0.278 e. The van der Waals surface area contributed by atoms with E-state index in [4.69, 9.17) is 4.43 Å². The molecule has 1 saturated carbocycles. The van der Waals surface area contributed by atoms with E-state index in [0.717, 1.165) is 25.7 Å². The minimum absolute atomic E-state index is 0.0204. The molecule has 2 aliphatic rings. The first-order valence-corrected chi connectivity index (χ1v) is 14.0. The highest BCUT2D eigenvalue weighted by atomic mass is 28.4. The van der Waals surface area contributed by atoms with Gasteiger partial charge in [0.25, 0.3) is 12.0 Å². The van der Waals surface area contributed by atoms with Gasteiger partial charge in [-0.2, -0.15) is 0 Å². The minimum Gasteiger partial charge on any atom is -0.498 e. The van der Waals surface area contributed by atoms with Crippen LogP contribution in [-0.4, -0.2) is 66.5 Å². The lowest BCUT2D eigenvalue weighted by Crippen LogP contribution is -2.78. The van der Waals surface area contributed by atoms with E-state index in [1.165, 1.54) is 0 Å². The van der Waals surface area contributed by atoms with Gasteiger partial charge in [0.05, 0.1) is 12.1 Å². The molecular formula is C22H42N2O4Si. The van der Waals surface area contributed by atoms with Gasteiger partial charge >= 0.3 is 0 Å². The van der Waals surface area contributed by atoms with Crippen LogP contribution in [0.15, 0.2) is 0 Å². The molecule has 2 rings (SSSR count). The van der Waals surface area contributed by atoms with Gasteiger partial charge in [0.15, 0.2) is 14.9 Å². The Morgan fingerprint density at radius 3 is 2.03 bits per heavy atom. The van der Waals surface area contributed by atoms with Crippen molar-refractivity contribution in [2.75, 3.05) is 13.1 Å². The van der Waals surface area contributed by atoms with Gasteiger partial charge < -0.3 is 19.2 Å². The smallest absolute Gasteiger partial charge is 0.278 e. The van der Waals surface area contributed by atoms with Crippen molar-refractivity contribution < 1.29 is 23.6 Å². The number of carboxylic acid groups (broad SMARTS) is 1. The number of piperazine rings is 1. The van der Waals surface area contributed by atoms with E-state index < -0.39 is 19.9 Å². The molecule has 2 amide bonds. The van der Waals surface area contributed by atoms with E-state index in [9.17, 15) is 14.7 Å². The van der Waals surface area contributed by atoms with Gasteiger partial charge in [-0.15, -0.1) is 0 Å². The number of amides is 2. The van der Waals surface area contributed by atoms with Crippen LogP contribution in [-0.2, 0) is 9.22 Å². The van der Waals surface area contributed by atoms with E-state index in [1.807, 2.05) is 32.6 Å². The second-order valence-electron chi connectivity index (χ2n) is 11.7. The summed E-state index contributed by atoms with van der Waals surface area (Å²) in [6.07, 6.45) is 2.92. The number of hydrogen-bond acceptors (Lipinski definition) is 4. The van der Waals surface area contributed by atoms with Crippen molar-refractivity contribution in [3.63, 3.8) is 0 Å². The summed E-state index contributed by atoms with van der Waals surface area (Å²) in [5, 5.41) is 12.3. The minimum atomic E-state index is -1.79. The quantitative estimate of drug-likeness (QED) is 0.511. The van der Waals surface area contributed by atoms with Crippen LogP contribution in [0.4, 0.5) is 4.79 Å². The van der Waals surface area contributed by atoms with Crippen LogP contribution in [0.5, 0.6) is 0 Å². The molecule has 0 N–H and O–H groups in total. The van der Waals surface area contributed by atoms with E-state index in [1.54, 1.807) is 0 Å². The molecule has 0 bridgehead atoms. The second-order valence-corrected chi connectivity index (χ2v) is 16.4. The monoisotopic (exact) mass is 426 g/mol. The van der Waals surface area contributed by atoms with Crippen molar-refractivity contribution in [3.05, 3.63) is 0 Å². The van der Waals surface area contributed by atoms with Crippen LogP contribution in [0.1, 0.15) is 74.1 Å². The molecule has 0 aromatic heterocycles. The first kappa shape index (κ1) is 24.3. The fourth-order valence-electron chi connectivity index (χ4n) is 4.82. The van der Waals surface area contributed by atoms with Crippen molar-refractivity contribution in [3.8, 4) is 0 Å². The molecule has 2 atom stereocenters. The molecule has 0 aromatic rings. The fourth-order valence-corrected chi connectivity index (χ4v) is 6.25. The summed E-state index contributed by atoms with van der Waals surface area (Å²) in [6.45, 7) is 19.4. The number of quaternary nitrogens is 1. The van der Waals surface area contributed by atoms with Crippen molar-refractivity contribution in [1.82, 2.24) is 4.90 Å². The first-order chi connectivity index (χ1) is 13.0. The molecule has 1 saturated heterocycles. The SMILES string of the molecule is C[C@@H]1CN(C2CCC(O[Si](C)(C)C(C)(C)C)CC2)C(=O)C[N@+]1(C(=O)[O-])C(C)(C)C. The van der Waals surface area contributed by atoms with Crippen LogP contribution in [0.3, 0.4) is 0 Å². The number of hydrogen-bond donors (Lipinski definition) is 0. The summed E-state index contributed by atoms with van der Waals surface area (Å²) in [5.74, 6) is -0.0593. The lowest BCUT2D eigenvalue weighted by molar-refractivity contribution is -0.936. The maximum atomic E-state index is 13.0. The summed E-state index contributed by atoms with van der Waals surface area (Å²) in [4.78, 5) is 27.1. The number of nitrogens with zero attached hydrogens (tertiary/aromatic N) is 2. The van der Waals surface area contributed by atoms with Crippen LogP contribution in [0, 0.1) is 0 Å². The molecule has 0 radical (unpaired) electrons. The van der Waals surface area contributed by atoms with Crippen LogP contribution in [0.25, 0.3) is 0 Å². The lowest BCUT2D eigenvalue weighted by atomic mass is 9.89. The molecule has 2 fully saturated rings. The van der Waals surface area contributed by atoms with Crippen LogP contribution in [0.2, 0.25) is 18.1 Å². The summed E-state index contributed by atoms with van der Waals surface area (Å²) >= 11 is 0. The Balaban J connectivity index is 2.05. The molecule has 168 valence electrons. The van der Waals surface area contributed by atoms with E-state index in [0.29, 0.717) is 6.54 Å². The third kappa shape index (κ3) is 4.56. The molecule has 1 aliphatic heterocycles. The Hall–Kier alpha value is -0.923. The third-order valence-electron chi connectivity index (χ3n) is 7.79. The zero-order valence-electron chi connectivity index (χ0n) is 20.0. The van der Waals surface area contributed by atoms with Crippen molar-refractivity contribution in [2.24, 2.45) is 0 Å². The van der Waals surface area contributed by atoms with Gasteiger partial charge in [-0.25, -0.2) is 0 Å². The Kier molecular flexibility index (Phi) is 6.69. The highest BCUT2D eigenvalue weighted by Gasteiger charge is 2.54. The maximum absolute atomic E-state index is 13.0. The zero-order chi connectivity index (χ0) is 22.4. The Labute approximate surface area is 178 Å². The third-order valence-corrected chi connectivity index (χ3v) is 12.3. The van der Waals surface area contributed by atoms with Gasteiger partial charge in [0, 0.05) is 12.1 Å². The molecule has 7 heteroatoms. The number of carbonyl (C=O) groups excluding carboxylic acids is 2. The molecule has 29 heavy (non-hydrogen) atoms. The molecule has 1 heterocycles. The van der Waals surface area contributed by atoms with E-state index in [-0.39, 0.29) is 40.2 Å². The summed E-state index contributed by atoms with van der Waals surface area (Å²) in [6, 6.07) is -0.00737. The predicted octanol–water partition coefficient (Wildman–Crippen LogP) is 3.51. The van der Waals surface area contributed by atoms with Gasteiger partial charge in [-0.05, 0) is 71.5 Å². The molecule has 0 spiro atoms. The largest absolute Gasteiger partial charge is 0.498 e. The van der Waals surface area contributed by atoms with Gasteiger partial charge in [0.2, 0.25) is 0 Å². The Morgan fingerprint density at radius 1 is 1.10 bits per heavy atom. The van der Waals surface area contributed by atoms with Gasteiger partial charge in [-0.3, -0.25) is 9.28 Å². The summed E-state index contributed by atoms with van der Waals surface area (Å²) in [7, 11) is -1.79. The van der Waals surface area contributed by atoms with Gasteiger partial charge in [-0.1, -0.05) is 20.8 Å². The average Bonchev–Trinajstić information content (AvgIpc) is 2.54. The van der Waals surface area contributed by atoms with Crippen molar-refractivity contribution in [1.29, 1.82) is 0 Å². The topological polar surface area (TPSA) is 69.7 Å². The normalized spacial score (nSPS) is 32.4. The highest BCUT2D eigenvalue weighted by molar-refractivity contribution is 6.74. The number of rotatable bonds is 3. The second kappa shape index (κ2) is 7.97. The van der Waals surface area contributed by atoms with E-state index in [2.05, 4.69) is 33.9 Å². The molecular weight excluding hydrogens is 384 g/mol. The number of carbonyl (C=O) groups is 2.